The first-order chi connectivity index (χ1) is 11.3. The molecule has 4 heteroatoms. The SMILES string of the molecule is C=C1CCC2[C@](C)(CO)[C@H](O)CC[C@@]2(C)[C@@H]1C=CC1=CCOC1=O. The molecule has 0 bridgehead atoms. The zero-order valence-corrected chi connectivity index (χ0v) is 14.6. The predicted octanol–water partition coefficient (Wildman–Crippen LogP) is 2.77. The summed E-state index contributed by atoms with van der Waals surface area (Å²) in [6.07, 6.45) is 8.69. The summed E-state index contributed by atoms with van der Waals surface area (Å²) in [5.74, 6) is 0.0981. The van der Waals surface area contributed by atoms with Crippen molar-refractivity contribution in [1.82, 2.24) is 0 Å². The van der Waals surface area contributed by atoms with Gasteiger partial charge in [-0.05, 0) is 43.1 Å². The van der Waals surface area contributed by atoms with Crippen molar-refractivity contribution in [3.63, 3.8) is 0 Å². The van der Waals surface area contributed by atoms with Crippen LogP contribution in [0, 0.1) is 22.7 Å². The fraction of sp³-hybridized carbons (Fsp3) is 0.650. The van der Waals surface area contributed by atoms with E-state index in [-0.39, 0.29) is 29.8 Å². The number of allylic oxidation sites excluding steroid dienone is 2. The van der Waals surface area contributed by atoms with Gasteiger partial charge in [-0.2, -0.15) is 0 Å². The number of cyclic esters (lactones) is 1. The van der Waals surface area contributed by atoms with Gasteiger partial charge >= 0.3 is 5.97 Å². The Balaban J connectivity index is 1.92. The van der Waals surface area contributed by atoms with E-state index in [2.05, 4.69) is 19.6 Å². The maximum absolute atomic E-state index is 11.7. The minimum Gasteiger partial charge on any atom is -0.458 e. The Hall–Kier alpha value is -1.39. The molecule has 24 heavy (non-hydrogen) atoms. The van der Waals surface area contributed by atoms with Gasteiger partial charge in [-0.15, -0.1) is 0 Å². The average molecular weight is 332 g/mol. The quantitative estimate of drug-likeness (QED) is 0.616. The molecule has 0 saturated heterocycles. The van der Waals surface area contributed by atoms with Gasteiger partial charge in [0.05, 0.1) is 18.3 Å². The van der Waals surface area contributed by atoms with E-state index < -0.39 is 11.5 Å². The molecule has 0 spiro atoms. The van der Waals surface area contributed by atoms with E-state index in [0.29, 0.717) is 18.6 Å². The lowest BCUT2D eigenvalue weighted by atomic mass is 9.46. The number of carbonyl (C=O) groups is 1. The van der Waals surface area contributed by atoms with Crippen LogP contribution in [0.1, 0.15) is 39.5 Å². The topological polar surface area (TPSA) is 66.8 Å². The summed E-state index contributed by atoms with van der Waals surface area (Å²) >= 11 is 0. The van der Waals surface area contributed by atoms with Crippen LogP contribution in [0.5, 0.6) is 0 Å². The van der Waals surface area contributed by atoms with Gasteiger partial charge in [0.1, 0.15) is 6.61 Å². The average Bonchev–Trinajstić information content (AvgIpc) is 2.96. The summed E-state index contributed by atoms with van der Waals surface area (Å²) < 4.78 is 4.96. The van der Waals surface area contributed by atoms with Crippen molar-refractivity contribution >= 4 is 5.97 Å². The maximum Gasteiger partial charge on any atom is 0.338 e. The number of ether oxygens (including phenoxy) is 1. The lowest BCUT2D eigenvalue weighted by molar-refractivity contribution is -0.145. The summed E-state index contributed by atoms with van der Waals surface area (Å²) in [5, 5.41) is 20.5. The second-order valence-electron chi connectivity index (χ2n) is 8.07. The molecular weight excluding hydrogens is 304 g/mol. The molecule has 0 aromatic heterocycles. The molecular formula is C20H28O4. The van der Waals surface area contributed by atoms with Crippen LogP contribution < -0.4 is 0 Å². The van der Waals surface area contributed by atoms with Crippen molar-refractivity contribution in [2.75, 3.05) is 13.2 Å². The third kappa shape index (κ3) is 2.56. The third-order valence-corrected chi connectivity index (χ3v) is 6.78. The standard InChI is InChI=1S/C20H28O4/c1-13-4-7-16-19(2,10-8-17(22)20(16,3)12-21)15(13)6-5-14-9-11-24-18(14)23/h5-6,9,15-17,21-22H,1,4,7-8,10-12H2,2-3H3/t15-,16?,17-,19+,20+/m1/s1. The fourth-order valence-electron chi connectivity index (χ4n) is 5.20. The number of esters is 1. The molecule has 2 aliphatic carbocycles. The second-order valence-corrected chi connectivity index (χ2v) is 8.07. The molecule has 1 heterocycles. The molecule has 0 amide bonds. The Bertz CT molecular complexity index is 605. The molecule has 2 saturated carbocycles. The summed E-state index contributed by atoms with van der Waals surface area (Å²) in [5.41, 5.74) is 1.24. The highest BCUT2D eigenvalue weighted by atomic mass is 16.5. The number of aliphatic hydroxyl groups is 2. The van der Waals surface area contributed by atoms with Gasteiger partial charge in [0, 0.05) is 11.3 Å². The molecule has 132 valence electrons. The molecule has 2 fully saturated rings. The summed E-state index contributed by atoms with van der Waals surface area (Å²) in [7, 11) is 0. The molecule has 1 aliphatic heterocycles. The number of carbonyl (C=O) groups excluding carboxylic acids is 1. The maximum atomic E-state index is 11.7. The summed E-state index contributed by atoms with van der Waals surface area (Å²) in [6.45, 7) is 8.87. The van der Waals surface area contributed by atoms with E-state index in [9.17, 15) is 15.0 Å². The van der Waals surface area contributed by atoms with Crippen molar-refractivity contribution in [3.8, 4) is 0 Å². The molecule has 2 N–H and O–H groups in total. The van der Waals surface area contributed by atoms with Crippen molar-refractivity contribution in [3.05, 3.63) is 36.0 Å². The number of fused-ring (bicyclic) bond motifs is 1. The van der Waals surface area contributed by atoms with Gasteiger partial charge < -0.3 is 14.9 Å². The Kier molecular flexibility index (Phi) is 4.47. The molecule has 5 atom stereocenters. The van der Waals surface area contributed by atoms with Gasteiger partial charge in [-0.3, -0.25) is 0 Å². The van der Waals surface area contributed by atoms with E-state index in [1.54, 1.807) is 6.08 Å². The molecule has 0 aromatic carbocycles. The third-order valence-electron chi connectivity index (χ3n) is 6.78. The van der Waals surface area contributed by atoms with Crippen LogP contribution in [-0.2, 0) is 9.53 Å². The van der Waals surface area contributed by atoms with Gasteiger partial charge in [-0.25, -0.2) is 4.79 Å². The first-order valence-electron chi connectivity index (χ1n) is 8.85. The van der Waals surface area contributed by atoms with E-state index in [0.717, 1.165) is 19.3 Å². The van der Waals surface area contributed by atoms with E-state index >= 15 is 0 Å². The Labute approximate surface area is 143 Å². The zero-order chi connectivity index (χ0) is 17.5. The Morgan fingerprint density at radius 1 is 1.42 bits per heavy atom. The van der Waals surface area contributed by atoms with Crippen molar-refractivity contribution in [2.45, 2.75) is 45.6 Å². The van der Waals surface area contributed by atoms with Crippen LogP contribution in [0.4, 0.5) is 0 Å². The minimum atomic E-state index is -0.481. The van der Waals surface area contributed by atoms with Crippen molar-refractivity contribution in [2.24, 2.45) is 22.7 Å². The van der Waals surface area contributed by atoms with Gasteiger partial charge in [0.25, 0.3) is 0 Å². The highest BCUT2D eigenvalue weighted by Crippen LogP contribution is 2.61. The fourth-order valence-corrected chi connectivity index (χ4v) is 5.20. The zero-order valence-electron chi connectivity index (χ0n) is 14.6. The van der Waals surface area contributed by atoms with E-state index in [1.807, 2.05) is 13.0 Å². The first-order valence-corrected chi connectivity index (χ1v) is 8.85. The number of hydrogen-bond acceptors (Lipinski definition) is 4. The van der Waals surface area contributed by atoms with Crippen molar-refractivity contribution in [1.29, 1.82) is 0 Å². The number of aliphatic hydroxyl groups excluding tert-OH is 2. The van der Waals surface area contributed by atoms with Gasteiger partial charge in [-0.1, -0.05) is 38.2 Å². The summed E-state index contributed by atoms with van der Waals surface area (Å²) in [4.78, 5) is 11.7. The van der Waals surface area contributed by atoms with Crippen molar-refractivity contribution < 1.29 is 19.7 Å². The smallest absolute Gasteiger partial charge is 0.338 e. The highest BCUT2D eigenvalue weighted by molar-refractivity contribution is 5.93. The van der Waals surface area contributed by atoms with E-state index in [4.69, 9.17) is 4.74 Å². The van der Waals surface area contributed by atoms with Crippen LogP contribution in [0.3, 0.4) is 0 Å². The molecule has 3 rings (SSSR count). The highest BCUT2D eigenvalue weighted by Gasteiger charge is 2.57. The molecule has 3 aliphatic rings. The van der Waals surface area contributed by atoms with Gasteiger partial charge in [0.2, 0.25) is 0 Å². The normalized spacial score (nSPS) is 42.8. The lowest BCUT2D eigenvalue weighted by Gasteiger charge is -2.59. The molecule has 0 radical (unpaired) electrons. The predicted molar refractivity (Wildman–Crippen MR) is 92.1 cm³/mol. The van der Waals surface area contributed by atoms with Gasteiger partial charge in [0.15, 0.2) is 0 Å². The molecule has 0 aromatic rings. The largest absolute Gasteiger partial charge is 0.458 e. The monoisotopic (exact) mass is 332 g/mol. The minimum absolute atomic E-state index is 0.00515. The Morgan fingerprint density at radius 2 is 2.17 bits per heavy atom. The molecule has 1 unspecified atom stereocenters. The van der Waals surface area contributed by atoms with Crippen LogP contribution in [0.2, 0.25) is 0 Å². The van der Waals surface area contributed by atoms with Crippen LogP contribution in [0.15, 0.2) is 36.0 Å². The lowest BCUT2D eigenvalue weighted by Crippen LogP contribution is -2.57. The van der Waals surface area contributed by atoms with Crippen LogP contribution in [-0.4, -0.2) is 35.5 Å². The molecule has 4 nitrogen and oxygen atoms in total. The number of rotatable bonds is 3. The Morgan fingerprint density at radius 3 is 2.79 bits per heavy atom. The summed E-state index contributed by atoms with van der Waals surface area (Å²) in [6, 6.07) is 0. The first kappa shape index (κ1) is 17.4. The van der Waals surface area contributed by atoms with Crippen LogP contribution >= 0.6 is 0 Å². The van der Waals surface area contributed by atoms with E-state index in [1.165, 1.54) is 5.57 Å². The van der Waals surface area contributed by atoms with Crippen LogP contribution in [0.25, 0.3) is 0 Å². The number of hydrogen-bond donors (Lipinski definition) is 2. The second kappa shape index (κ2) is 6.16.